The van der Waals surface area contributed by atoms with Crippen molar-refractivity contribution >= 4 is 0 Å². The van der Waals surface area contributed by atoms with Crippen LogP contribution in [0.5, 0.6) is 0 Å². The van der Waals surface area contributed by atoms with Crippen LogP contribution in [0.25, 0.3) is 22.5 Å². The summed E-state index contributed by atoms with van der Waals surface area (Å²) in [6.45, 7) is 12.9. The first-order valence-corrected chi connectivity index (χ1v) is 11.2. The number of aromatic nitrogens is 2. The summed E-state index contributed by atoms with van der Waals surface area (Å²) in [5, 5.41) is 0. The molecule has 0 aliphatic rings. The number of pyridine rings is 2. The number of benzene rings is 2. The van der Waals surface area contributed by atoms with Gasteiger partial charge in [-0.25, -0.2) is 9.13 Å². The maximum absolute atomic E-state index is 2.26. The maximum Gasteiger partial charge on any atom is 0.215 e. The first kappa shape index (κ1) is 23.4. The van der Waals surface area contributed by atoms with Gasteiger partial charge in [0.1, 0.15) is 14.1 Å². The van der Waals surface area contributed by atoms with Gasteiger partial charge in [-0.1, -0.05) is 35.4 Å². The standard InChI is InChI=1S/2C15H18N/c2*1-11-7-8-12(2)14(10-11)15-13(3)6-5-9-16(15)4/h2*5-10H,1-4H3/q2*+1. The predicted molar refractivity (Wildman–Crippen MR) is 135 cm³/mol. The Morgan fingerprint density at radius 1 is 0.469 bits per heavy atom. The Labute approximate surface area is 193 Å². The Morgan fingerprint density at radius 2 is 0.844 bits per heavy atom. The van der Waals surface area contributed by atoms with E-state index in [9.17, 15) is 0 Å². The summed E-state index contributed by atoms with van der Waals surface area (Å²) in [4.78, 5) is 0. The van der Waals surface area contributed by atoms with E-state index in [1.165, 1.54) is 55.9 Å². The van der Waals surface area contributed by atoms with E-state index in [1.807, 2.05) is 0 Å². The lowest BCUT2D eigenvalue weighted by molar-refractivity contribution is -0.660. The molecule has 4 aromatic rings. The lowest BCUT2D eigenvalue weighted by Crippen LogP contribution is -2.31. The van der Waals surface area contributed by atoms with Gasteiger partial charge in [-0.2, -0.15) is 0 Å². The van der Waals surface area contributed by atoms with Gasteiger partial charge < -0.3 is 0 Å². The zero-order chi connectivity index (χ0) is 23.4. The van der Waals surface area contributed by atoms with Crippen molar-refractivity contribution in [3.05, 3.63) is 106 Å². The third-order valence-corrected chi connectivity index (χ3v) is 6.06. The minimum absolute atomic E-state index is 1.31. The van der Waals surface area contributed by atoms with Crippen molar-refractivity contribution < 1.29 is 9.13 Å². The van der Waals surface area contributed by atoms with Crippen LogP contribution in [-0.4, -0.2) is 0 Å². The van der Waals surface area contributed by atoms with Crippen molar-refractivity contribution in [1.82, 2.24) is 0 Å². The number of hydrogen-bond acceptors (Lipinski definition) is 0. The van der Waals surface area contributed by atoms with E-state index in [0.717, 1.165) is 0 Å². The fraction of sp³-hybridized carbons (Fsp3) is 0.267. The van der Waals surface area contributed by atoms with Crippen LogP contribution in [0.4, 0.5) is 0 Å². The Hall–Kier alpha value is -3.26. The second kappa shape index (κ2) is 9.91. The molecule has 0 unspecified atom stereocenters. The molecule has 2 aromatic carbocycles. The van der Waals surface area contributed by atoms with Gasteiger partial charge >= 0.3 is 0 Å². The summed E-state index contributed by atoms with van der Waals surface area (Å²) < 4.78 is 4.38. The predicted octanol–water partition coefficient (Wildman–Crippen LogP) is 6.21. The second-order valence-corrected chi connectivity index (χ2v) is 8.94. The maximum atomic E-state index is 2.26. The van der Waals surface area contributed by atoms with Crippen LogP contribution < -0.4 is 9.13 Å². The first-order chi connectivity index (χ1) is 15.2. The SMILES string of the molecule is Cc1ccc(C)c(-c2c(C)ccc[n+]2C)c1.Cc1ccc(C)c(-c2c(C)ccc[n+]2C)c1. The molecule has 0 aliphatic carbocycles. The van der Waals surface area contributed by atoms with Gasteiger partial charge in [-0.15, -0.1) is 0 Å². The Kier molecular flexibility index (Phi) is 7.25. The van der Waals surface area contributed by atoms with Crippen LogP contribution in [0, 0.1) is 41.5 Å². The van der Waals surface area contributed by atoms with E-state index in [4.69, 9.17) is 0 Å². The van der Waals surface area contributed by atoms with Gasteiger partial charge in [0.05, 0.1) is 0 Å². The fourth-order valence-electron chi connectivity index (χ4n) is 4.28. The summed E-state index contributed by atoms with van der Waals surface area (Å²) in [6, 6.07) is 21.7. The summed E-state index contributed by atoms with van der Waals surface area (Å²) in [6.07, 6.45) is 4.20. The number of rotatable bonds is 2. The van der Waals surface area contributed by atoms with E-state index in [-0.39, 0.29) is 0 Å². The molecule has 2 heteroatoms. The molecular formula is C30H36N2+2. The average molecular weight is 425 g/mol. The molecule has 0 N–H and O–H groups in total. The van der Waals surface area contributed by atoms with E-state index in [0.29, 0.717) is 0 Å². The zero-order valence-electron chi connectivity index (χ0n) is 20.8. The normalized spacial score (nSPS) is 10.5. The molecule has 2 aromatic heterocycles. The fourth-order valence-corrected chi connectivity index (χ4v) is 4.28. The molecule has 0 saturated heterocycles. The Bertz CT molecular complexity index is 1110. The third kappa shape index (κ3) is 5.13. The molecule has 0 spiro atoms. The Balaban J connectivity index is 0.000000181. The van der Waals surface area contributed by atoms with Crippen LogP contribution in [0.1, 0.15) is 33.4 Å². The number of nitrogens with zero attached hydrogens (tertiary/aromatic N) is 2. The molecule has 0 atom stereocenters. The van der Waals surface area contributed by atoms with E-state index >= 15 is 0 Å². The van der Waals surface area contributed by atoms with Gasteiger partial charge in [0.2, 0.25) is 11.4 Å². The van der Waals surface area contributed by atoms with Gasteiger partial charge in [-0.05, 0) is 76.9 Å². The summed E-state index contributed by atoms with van der Waals surface area (Å²) in [5.41, 5.74) is 13.2. The van der Waals surface area contributed by atoms with Crippen molar-refractivity contribution in [2.24, 2.45) is 14.1 Å². The van der Waals surface area contributed by atoms with Gasteiger partial charge in [0.25, 0.3) is 0 Å². The largest absolute Gasteiger partial charge is 0.215 e. The Morgan fingerprint density at radius 3 is 1.19 bits per heavy atom. The van der Waals surface area contributed by atoms with Crippen molar-refractivity contribution in [2.45, 2.75) is 41.5 Å². The number of aryl methyl sites for hydroxylation is 8. The van der Waals surface area contributed by atoms with Gasteiger partial charge in [0, 0.05) is 34.4 Å². The molecule has 0 bridgehead atoms. The average Bonchev–Trinajstić information content (AvgIpc) is 2.73. The highest BCUT2D eigenvalue weighted by atomic mass is 14.9. The lowest BCUT2D eigenvalue weighted by Gasteiger charge is -2.07. The number of hydrogen-bond donors (Lipinski definition) is 0. The molecule has 2 nitrogen and oxygen atoms in total. The minimum Gasteiger partial charge on any atom is -0.201 e. The topological polar surface area (TPSA) is 7.76 Å². The highest BCUT2D eigenvalue weighted by Gasteiger charge is 2.16. The van der Waals surface area contributed by atoms with Crippen molar-refractivity contribution in [3.8, 4) is 22.5 Å². The van der Waals surface area contributed by atoms with Crippen LogP contribution >= 0.6 is 0 Å². The van der Waals surface area contributed by atoms with E-state index < -0.39 is 0 Å². The van der Waals surface area contributed by atoms with E-state index in [2.05, 4.69) is 138 Å². The molecule has 164 valence electrons. The van der Waals surface area contributed by atoms with Crippen molar-refractivity contribution in [2.75, 3.05) is 0 Å². The molecule has 2 heterocycles. The molecule has 32 heavy (non-hydrogen) atoms. The lowest BCUT2D eigenvalue weighted by atomic mass is 9.99. The quantitative estimate of drug-likeness (QED) is 0.338. The van der Waals surface area contributed by atoms with Crippen LogP contribution in [0.15, 0.2) is 73.1 Å². The van der Waals surface area contributed by atoms with Crippen molar-refractivity contribution in [3.63, 3.8) is 0 Å². The molecule has 0 radical (unpaired) electrons. The van der Waals surface area contributed by atoms with E-state index in [1.54, 1.807) is 0 Å². The molecular weight excluding hydrogens is 388 g/mol. The minimum atomic E-state index is 1.31. The smallest absolute Gasteiger partial charge is 0.201 e. The molecule has 0 aliphatic heterocycles. The molecule has 0 amide bonds. The third-order valence-electron chi connectivity index (χ3n) is 6.06. The molecule has 0 fully saturated rings. The van der Waals surface area contributed by atoms with Crippen LogP contribution in [0.3, 0.4) is 0 Å². The van der Waals surface area contributed by atoms with Crippen LogP contribution in [-0.2, 0) is 14.1 Å². The van der Waals surface area contributed by atoms with Gasteiger partial charge in [0.15, 0.2) is 12.4 Å². The summed E-state index contributed by atoms with van der Waals surface area (Å²) in [5.74, 6) is 0. The van der Waals surface area contributed by atoms with Gasteiger partial charge in [-0.3, -0.25) is 0 Å². The first-order valence-electron chi connectivity index (χ1n) is 11.2. The highest BCUT2D eigenvalue weighted by molar-refractivity contribution is 5.65. The molecule has 0 saturated carbocycles. The van der Waals surface area contributed by atoms with Crippen LogP contribution in [0.2, 0.25) is 0 Å². The monoisotopic (exact) mass is 424 g/mol. The summed E-state index contributed by atoms with van der Waals surface area (Å²) in [7, 11) is 4.20. The van der Waals surface area contributed by atoms with Crippen molar-refractivity contribution in [1.29, 1.82) is 0 Å². The summed E-state index contributed by atoms with van der Waals surface area (Å²) >= 11 is 0. The highest BCUT2D eigenvalue weighted by Crippen LogP contribution is 2.25. The second-order valence-electron chi connectivity index (χ2n) is 8.94. The molecule has 4 rings (SSSR count). The zero-order valence-corrected chi connectivity index (χ0v) is 20.8.